The summed E-state index contributed by atoms with van der Waals surface area (Å²) in [6.07, 6.45) is 6.19. The number of likely N-dealkylation sites (tertiary alicyclic amines) is 1. The van der Waals surface area contributed by atoms with Gasteiger partial charge in [0.1, 0.15) is 0 Å². The second-order valence-corrected chi connectivity index (χ2v) is 3.89. The minimum absolute atomic E-state index is 0.569. The van der Waals surface area contributed by atoms with Gasteiger partial charge in [-0.15, -0.1) is 6.58 Å². The van der Waals surface area contributed by atoms with Crippen LogP contribution in [0, 0.1) is 5.92 Å². The molecule has 1 saturated heterocycles. The van der Waals surface area contributed by atoms with Gasteiger partial charge in [-0.05, 0) is 32.2 Å². The van der Waals surface area contributed by atoms with Gasteiger partial charge in [-0.25, -0.2) is 0 Å². The zero-order valence-electron chi connectivity index (χ0n) is 8.42. The van der Waals surface area contributed by atoms with E-state index >= 15 is 0 Å². The fourth-order valence-electron chi connectivity index (χ4n) is 1.95. The molecule has 1 fully saturated rings. The summed E-state index contributed by atoms with van der Waals surface area (Å²) in [4.78, 5) is 2.55. The molecule has 1 rings (SSSR count). The molecule has 0 radical (unpaired) electrons. The Labute approximate surface area is 76.5 Å². The van der Waals surface area contributed by atoms with E-state index in [1.54, 1.807) is 0 Å². The van der Waals surface area contributed by atoms with E-state index < -0.39 is 0 Å². The third kappa shape index (κ3) is 2.34. The maximum Gasteiger partial charge on any atom is 0.0247 e. The minimum Gasteiger partial charge on any atom is -0.297 e. The highest BCUT2D eigenvalue weighted by atomic mass is 15.2. The van der Waals surface area contributed by atoms with Crippen molar-refractivity contribution < 1.29 is 0 Å². The molecule has 1 nitrogen and oxygen atoms in total. The van der Waals surface area contributed by atoms with Crippen LogP contribution in [0.2, 0.25) is 0 Å². The average molecular weight is 167 g/mol. The van der Waals surface area contributed by atoms with Crippen molar-refractivity contribution in [3.05, 3.63) is 12.7 Å². The first-order valence-electron chi connectivity index (χ1n) is 5.14. The van der Waals surface area contributed by atoms with Crippen LogP contribution in [-0.2, 0) is 0 Å². The Morgan fingerprint density at radius 1 is 1.67 bits per heavy atom. The SMILES string of the molecule is C=CC(C)N1CCCC(CC)C1. The van der Waals surface area contributed by atoms with Crippen molar-refractivity contribution >= 4 is 0 Å². The average Bonchev–Trinajstić information content (AvgIpc) is 2.17. The molecule has 0 N–H and O–H groups in total. The number of nitrogens with zero attached hydrogens (tertiary/aromatic N) is 1. The van der Waals surface area contributed by atoms with E-state index in [4.69, 9.17) is 0 Å². The van der Waals surface area contributed by atoms with E-state index in [0.29, 0.717) is 6.04 Å². The van der Waals surface area contributed by atoms with Crippen LogP contribution in [-0.4, -0.2) is 24.0 Å². The third-order valence-corrected chi connectivity index (χ3v) is 3.04. The van der Waals surface area contributed by atoms with Crippen molar-refractivity contribution in [3.8, 4) is 0 Å². The van der Waals surface area contributed by atoms with Crippen molar-refractivity contribution in [1.82, 2.24) is 4.90 Å². The van der Waals surface area contributed by atoms with Gasteiger partial charge in [-0.2, -0.15) is 0 Å². The van der Waals surface area contributed by atoms with Gasteiger partial charge in [-0.3, -0.25) is 4.90 Å². The van der Waals surface area contributed by atoms with Gasteiger partial charge < -0.3 is 0 Å². The molecular weight excluding hydrogens is 146 g/mol. The van der Waals surface area contributed by atoms with Crippen molar-refractivity contribution in [2.45, 2.75) is 39.2 Å². The van der Waals surface area contributed by atoms with Gasteiger partial charge in [0.05, 0.1) is 0 Å². The molecule has 1 heteroatoms. The van der Waals surface area contributed by atoms with Crippen LogP contribution in [0.5, 0.6) is 0 Å². The summed E-state index contributed by atoms with van der Waals surface area (Å²) in [5.74, 6) is 0.932. The molecule has 2 unspecified atom stereocenters. The molecule has 0 aliphatic carbocycles. The molecule has 0 bridgehead atoms. The van der Waals surface area contributed by atoms with E-state index in [0.717, 1.165) is 5.92 Å². The summed E-state index contributed by atoms with van der Waals surface area (Å²) in [5.41, 5.74) is 0. The first kappa shape index (κ1) is 9.79. The van der Waals surface area contributed by atoms with Crippen LogP contribution in [0.15, 0.2) is 12.7 Å². The Kier molecular flexibility index (Phi) is 3.80. The Morgan fingerprint density at radius 3 is 3.00 bits per heavy atom. The highest BCUT2D eigenvalue weighted by molar-refractivity contribution is 4.86. The smallest absolute Gasteiger partial charge is 0.0247 e. The summed E-state index contributed by atoms with van der Waals surface area (Å²) in [7, 11) is 0. The van der Waals surface area contributed by atoms with Crippen LogP contribution in [0.3, 0.4) is 0 Å². The van der Waals surface area contributed by atoms with Crippen molar-refractivity contribution in [2.24, 2.45) is 5.92 Å². The fraction of sp³-hybridized carbons (Fsp3) is 0.818. The standard InChI is InChI=1S/C11H21N/c1-4-10(3)12-8-6-7-11(5-2)9-12/h4,10-11H,1,5-9H2,2-3H3. The molecule has 1 heterocycles. The molecule has 0 saturated carbocycles. The van der Waals surface area contributed by atoms with E-state index in [1.165, 1.54) is 32.4 Å². The Hall–Kier alpha value is -0.300. The maximum absolute atomic E-state index is 3.84. The third-order valence-electron chi connectivity index (χ3n) is 3.04. The Bertz CT molecular complexity index is 142. The van der Waals surface area contributed by atoms with Crippen LogP contribution in [0.4, 0.5) is 0 Å². The highest BCUT2D eigenvalue weighted by Gasteiger charge is 2.20. The summed E-state index contributed by atoms with van der Waals surface area (Å²) in [5, 5.41) is 0. The van der Waals surface area contributed by atoms with Crippen molar-refractivity contribution in [1.29, 1.82) is 0 Å². The van der Waals surface area contributed by atoms with E-state index in [2.05, 4.69) is 31.4 Å². The lowest BCUT2D eigenvalue weighted by Gasteiger charge is -2.35. The van der Waals surface area contributed by atoms with Gasteiger partial charge in [0.2, 0.25) is 0 Å². The van der Waals surface area contributed by atoms with Gasteiger partial charge in [0.15, 0.2) is 0 Å². The number of hydrogen-bond donors (Lipinski definition) is 0. The Morgan fingerprint density at radius 2 is 2.42 bits per heavy atom. The summed E-state index contributed by atoms with van der Waals surface area (Å²) in [6.45, 7) is 10.9. The zero-order chi connectivity index (χ0) is 8.97. The molecule has 0 aromatic heterocycles. The van der Waals surface area contributed by atoms with Crippen LogP contribution >= 0.6 is 0 Å². The molecule has 1 aliphatic rings. The quantitative estimate of drug-likeness (QED) is 0.584. The molecule has 12 heavy (non-hydrogen) atoms. The topological polar surface area (TPSA) is 3.24 Å². The molecular formula is C11H21N. The predicted octanol–water partition coefficient (Wildman–Crippen LogP) is 2.68. The molecule has 0 amide bonds. The van der Waals surface area contributed by atoms with Gasteiger partial charge in [0.25, 0.3) is 0 Å². The second-order valence-electron chi connectivity index (χ2n) is 3.89. The second kappa shape index (κ2) is 4.66. The number of piperidine rings is 1. The van der Waals surface area contributed by atoms with E-state index in [9.17, 15) is 0 Å². The van der Waals surface area contributed by atoms with Gasteiger partial charge in [-0.1, -0.05) is 19.4 Å². The minimum atomic E-state index is 0.569. The summed E-state index contributed by atoms with van der Waals surface area (Å²) < 4.78 is 0. The normalized spacial score (nSPS) is 28.3. The van der Waals surface area contributed by atoms with Gasteiger partial charge >= 0.3 is 0 Å². The van der Waals surface area contributed by atoms with Crippen molar-refractivity contribution in [3.63, 3.8) is 0 Å². The molecule has 2 atom stereocenters. The van der Waals surface area contributed by atoms with Gasteiger partial charge in [0, 0.05) is 12.6 Å². The lowest BCUT2D eigenvalue weighted by atomic mass is 9.95. The van der Waals surface area contributed by atoms with Crippen molar-refractivity contribution in [2.75, 3.05) is 13.1 Å². The molecule has 0 spiro atoms. The molecule has 1 aliphatic heterocycles. The first-order chi connectivity index (χ1) is 5.77. The highest BCUT2D eigenvalue weighted by Crippen LogP contribution is 2.20. The van der Waals surface area contributed by atoms with E-state index in [1.807, 2.05) is 0 Å². The fourth-order valence-corrected chi connectivity index (χ4v) is 1.95. The molecule has 0 aromatic rings. The summed E-state index contributed by atoms with van der Waals surface area (Å²) >= 11 is 0. The van der Waals surface area contributed by atoms with Crippen LogP contribution in [0.1, 0.15) is 33.1 Å². The van der Waals surface area contributed by atoms with Crippen LogP contribution in [0.25, 0.3) is 0 Å². The first-order valence-corrected chi connectivity index (χ1v) is 5.14. The monoisotopic (exact) mass is 167 g/mol. The van der Waals surface area contributed by atoms with E-state index in [-0.39, 0.29) is 0 Å². The number of rotatable bonds is 3. The summed E-state index contributed by atoms with van der Waals surface area (Å²) in [6, 6.07) is 0.569. The number of hydrogen-bond acceptors (Lipinski definition) is 1. The Balaban J connectivity index is 2.39. The lowest BCUT2D eigenvalue weighted by molar-refractivity contribution is 0.150. The lowest BCUT2D eigenvalue weighted by Crippen LogP contribution is -2.40. The largest absolute Gasteiger partial charge is 0.297 e. The molecule has 0 aromatic carbocycles. The predicted molar refractivity (Wildman–Crippen MR) is 54.2 cm³/mol. The zero-order valence-corrected chi connectivity index (χ0v) is 8.42. The maximum atomic E-state index is 3.84. The molecule has 70 valence electrons. The van der Waals surface area contributed by atoms with Crippen LogP contribution < -0.4 is 0 Å².